The van der Waals surface area contributed by atoms with Crippen LogP contribution in [0.3, 0.4) is 0 Å². The number of benzene rings is 2. The predicted octanol–water partition coefficient (Wildman–Crippen LogP) is 4.25. The van der Waals surface area contributed by atoms with Crippen molar-refractivity contribution in [3.63, 3.8) is 0 Å². The lowest BCUT2D eigenvalue weighted by atomic mass is 9.90. The molecule has 5 heteroatoms. The van der Waals surface area contributed by atoms with Gasteiger partial charge >= 0.3 is 0 Å². The largest absolute Gasteiger partial charge is 0.487 e. The van der Waals surface area contributed by atoms with Gasteiger partial charge in [0.05, 0.1) is 6.04 Å². The van der Waals surface area contributed by atoms with E-state index in [0.29, 0.717) is 12.2 Å². The van der Waals surface area contributed by atoms with Crippen LogP contribution in [-0.4, -0.2) is 18.1 Å². The van der Waals surface area contributed by atoms with E-state index < -0.39 is 0 Å². The number of fused-ring (bicyclic) bond motifs is 1. The van der Waals surface area contributed by atoms with Gasteiger partial charge in [0.2, 0.25) is 0 Å². The molecule has 24 heavy (non-hydrogen) atoms. The first kappa shape index (κ1) is 16.8. The van der Waals surface area contributed by atoms with E-state index in [4.69, 9.17) is 9.47 Å². The van der Waals surface area contributed by atoms with Crippen molar-refractivity contribution < 1.29 is 14.3 Å². The van der Waals surface area contributed by atoms with Crippen LogP contribution in [0.15, 0.2) is 53.0 Å². The quantitative estimate of drug-likeness (QED) is 0.849. The van der Waals surface area contributed by atoms with Crippen molar-refractivity contribution in [2.24, 2.45) is 0 Å². The first-order chi connectivity index (χ1) is 11.4. The SMILES string of the molecule is CC1(C)C[C@@H](NC(=O)COc2ccc(Br)cc2)c2ccccc2O1. The smallest absolute Gasteiger partial charge is 0.258 e. The van der Waals surface area contributed by atoms with Gasteiger partial charge in [0, 0.05) is 16.5 Å². The molecule has 0 spiro atoms. The molecule has 1 aliphatic heterocycles. The van der Waals surface area contributed by atoms with Crippen LogP contribution < -0.4 is 14.8 Å². The third-order valence-corrected chi connectivity index (χ3v) is 4.42. The van der Waals surface area contributed by atoms with E-state index in [1.165, 1.54) is 0 Å². The summed E-state index contributed by atoms with van der Waals surface area (Å²) in [4.78, 5) is 12.3. The Morgan fingerprint density at radius 1 is 1.25 bits per heavy atom. The fourth-order valence-corrected chi connectivity index (χ4v) is 3.11. The van der Waals surface area contributed by atoms with Crippen LogP contribution >= 0.6 is 15.9 Å². The molecular weight excluding hydrogens is 370 g/mol. The molecule has 2 aromatic rings. The Labute approximate surface area is 150 Å². The van der Waals surface area contributed by atoms with Gasteiger partial charge in [0.25, 0.3) is 5.91 Å². The molecule has 1 aliphatic rings. The van der Waals surface area contributed by atoms with Crippen LogP contribution in [0, 0.1) is 0 Å². The van der Waals surface area contributed by atoms with E-state index in [-0.39, 0.29) is 24.2 Å². The van der Waals surface area contributed by atoms with E-state index in [1.807, 2.05) is 62.4 Å². The molecule has 1 heterocycles. The number of nitrogens with one attached hydrogen (secondary N) is 1. The molecule has 0 fully saturated rings. The number of halogens is 1. The fourth-order valence-electron chi connectivity index (χ4n) is 2.85. The van der Waals surface area contributed by atoms with Crippen LogP contribution in [-0.2, 0) is 4.79 Å². The van der Waals surface area contributed by atoms with Crippen molar-refractivity contribution in [3.05, 3.63) is 58.6 Å². The number of ether oxygens (including phenoxy) is 2. The second kappa shape index (κ2) is 6.85. The molecule has 3 rings (SSSR count). The summed E-state index contributed by atoms with van der Waals surface area (Å²) in [5, 5.41) is 3.06. The molecular formula is C19H20BrNO3. The van der Waals surface area contributed by atoms with E-state index in [2.05, 4.69) is 21.2 Å². The van der Waals surface area contributed by atoms with Gasteiger partial charge in [-0.3, -0.25) is 4.79 Å². The Morgan fingerprint density at radius 2 is 1.96 bits per heavy atom. The van der Waals surface area contributed by atoms with E-state index >= 15 is 0 Å². The summed E-state index contributed by atoms with van der Waals surface area (Å²) in [6.07, 6.45) is 0.716. The van der Waals surface area contributed by atoms with Gasteiger partial charge in [-0.1, -0.05) is 34.1 Å². The molecule has 0 aliphatic carbocycles. The van der Waals surface area contributed by atoms with Gasteiger partial charge in [-0.25, -0.2) is 0 Å². The lowest BCUT2D eigenvalue weighted by molar-refractivity contribution is -0.124. The summed E-state index contributed by atoms with van der Waals surface area (Å²) in [5.41, 5.74) is 0.688. The lowest BCUT2D eigenvalue weighted by Gasteiger charge is -2.37. The van der Waals surface area contributed by atoms with Gasteiger partial charge in [-0.05, 0) is 44.2 Å². The molecule has 1 N–H and O–H groups in total. The minimum atomic E-state index is -0.321. The highest BCUT2D eigenvalue weighted by Gasteiger charge is 2.34. The zero-order chi connectivity index (χ0) is 17.2. The van der Waals surface area contributed by atoms with Crippen molar-refractivity contribution >= 4 is 21.8 Å². The minimum absolute atomic E-state index is 0.0123. The first-order valence-corrected chi connectivity index (χ1v) is 8.68. The fraction of sp³-hybridized carbons (Fsp3) is 0.316. The monoisotopic (exact) mass is 389 g/mol. The number of rotatable bonds is 4. The Balaban J connectivity index is 1.64. The Morgan fingerprint density at radius 3 is 2.71 bits per heavy atom. The molecule has 126 valence electrons. The second-order valence-electron chi connectivity index (χ2n) is 6.47. The molecule has 2 aromatic carbocycles. The van der Waals surface area contributed by atoms with Gasteiger partial charge < -0.3 is 14.8 Å². The third-order valence-electron chi connectivity index (χ3n) is 3.90. The van der Waals surface area contributed by atoms with Gasteiger partial charge in [-0.15, -0.1) is 0 Å². The summed E-state index contributed by atoms with van der Waals surface area (Å²) in [7, 11) is 0. The summed E-state index contributed by atoms with van der Waals surface area (Å²) in [5.74, 6) is 1.35. The predicted molar refractivity (Wildman–Crippen MR) is 96.3 cm³/mol. The molecule has 0 saturated heterocycles. The highest BCUT2D eigenvalue weighted by Crippen LogP contribution is 2.39. The average Bonchev–Trinajstić information content (AvgIpc) is 2.53. The standard InChI is InChI=1S/C19H20BrNO3/c1-19(2)11-16(15-5-3-4-6-17(15)24-19)21-18(22)12-23-14-9-7-13(20)8-10-14/h3-10,16H,11-12H2,1-2H3,(H,21,22)/t16-/m1/s1. The summed E-state index contributed by atoms with van der Waals surface area (Å²) >= 11 is 3.37. The number of carbonyl (C=O) groups excluding carboxylic acids is 1. The summed E-state index contributed by atoms with van der Waals surface area (Å²) in [6, 6.07) is 15.2. The maximum absolute atomic E-state index is 12.3. The normalized spacial score (nSPS) is 18.2. The highest BCUT2D eigenvalue weighted by atomic mass is 79.9. The van der Waals surface area contributed by atoms with Crippen LogP contribution in [0.1, 0.15) is 31.9 Å². The first-order valence-electron chi connectivity index (χ1n) is 7.89. The number of carbonyl (C=O) groups is 1. The van der Waals surface area contributed by atoms with E-state index in [1.54, 1.807) is 0 Å². The highest BCUT2D eigenvalue weighted by molar-refractivity contribution is 9.10. The number of hydrogen-bond donors (Lipinski definition) is 1. The number of hydrogen-bond acceptors (Lipinski definition) is 3. The zero-order valence-electron chi connectivity index (χ0n) is 13.7. The van der Waals surface area contributed by atoms with Crippen LogP contribution in [0.5, 0.6) is 11.5 Å². The van der Waals surface area contributed by atoms with Gasteiger partial charge in [0.15, 0.2) is 6.61 Å². The van der Waals surface area contributed by atoms with Crippen LogP contribution in [0.2, 0.25) is 0 Å². The molecule has 0 aromatic heterocycles. The summed E-state index contributed by atoms with van der Waals surface area (Å²) in [6.45, 7) is 4.04. The molecule has 1 atom stereocenters. The zero-order valence-corrected chi connectivity index (χ0v) is 15.3. The van der Waals surface area contributed by atoms with E-state index in [0.717, 1.165) is 15.8 Å². The third kappa shape index (κ3) is 4.09. The second-order valence-corrected chi connectivity index (χ2v) is 7.38. The Hall–Kier alpha value is -2.01. The van der Waals surface area contributed by atoms with Gasteiger partial charge in [0.1, 0.15) is 17.1 Å². The molecule has 4 nitrogen and oxygen atoms in total. The Bertz CT molecular complexity index is 728. The van der Waals surface area contributed by atoms with Crippen LogP contribution in [0.25, 0.3) is 0 Å². The minimum Gasteiger partial charge on any atom is -0.487 e. The van der Waals surface area contributed by atoms with Gasteiger partial charge in [-0.2, -0.15) is 0 Å². The van der Waals surface area contributed by atoms with Crippen molar-refractivity contribution in [1.82, 2.24) is 5.32 Å². The topological polar surface area (TPSA) is 47.6 Å². The van der Waals surface area contributed by atoms with Crippen molar-refractivity contribution in [1.29, 1.82) is 0 Å². The molecule has 0 bridgehead atoms. The van der Waals surface area contributed by atoms with E-state index in [9.17, 15) is 4.79 Å². The number of para-hydroxylation sites is 1. The van der Waals surface area contributed by atoms with Crippen molar-refractivity contribution in [2.45, 2.75) is 31.9 Å². The Kier molecular flexibility index (Phi) is 4.81. The maximum Gasteiger partial charge on any atom is 0.258 e. The lowest BCUT2D eigenvalue weighted by Crippen LogP contribution is -2.42. The van der Waals surface area contributed by atoms with Crippen LogP contribution in [0.4, 0.5) is 0 Å². The van der Waals surface area contributed by atoms with Crippen molar-refractivity contribution in [3.8, 4) is 11.5 Å². The molecule has 0 saturated carbocycles. The molecule has 1 amide bonds. The summed E-state index contributed by atoms with van der Waals surface area (Å²) < 4.78 is 12.5. The van der Waals surface area contributed by atoms with Crippen molar-refractivity contribution in [2.75, 3.05) is 6.61 Å². The molecule has 0 radical (unpaired) electrons. The number of amides is 1. The maximum atomic E-state index is 12.3. The average molecular weight is 390 g/mol. The molecule has 0 unspecified atom stereocenters.